The van der Waals surface area contributed by atoms with Crippen LogP contribution in [0.2, 0.25) is 0 Å². The summed E-state index contributed by atoms with van der Waals surface area (Å²) >= 11 is 0. The van der Waals surface area contributed by atoms with E-state index in [9.17, 15) is 4.79 Å². The van der Waals surface area contributed by atoms with Crippen LogP contribution in [-0.4, -0.2) is 10.5 Å². The van der Waals surface area contributed by atoms with E-state index in [1.54, 1.807) is 0 Å². The van der Waals surface area contributed by atoms with E-state index in [-0.39, 0.29) is 22.8 Å². The predicted molar refractivity (Wildman–Crippen MR) is 131 cm³/mol. The third-order valence-corrected chi connectivity index (χ3v) is 5.94. The van der Waals surface area contributed by atoms with Gasteiger partial charge in [-0.3, -0.25) is 4.79 Å². The molecular weight excluding hydrogens is 394 g/mol. The predicted octanol–water partition coefficient (Wildman–Crippen LogP) is 5.30. The monoisotopic (exact) mass is 432 g/mol. The van der Waals surface area contributed by atoms with Crippen molar-refractivity contribution in [2.45, 2.75) is 78.4 Å². The summed E-state index contributed by atoms with van der Waals surface area (Å²) in [5.41, 5.74) is 5.11. The van der Waals surface area contributed by atoms with Crippen molar-refractivity contribution in [2.75, 3.05) is 0 Å². The van der Waals surface area contributed by atoms with Gasteiger partial charge in [-0.2, -0.15) is 0 Å². The molecule has 0 fully saturated rings. The van der Waals surface area contributed by atoms with E-state index in [1.807, 2.05) is 48.4 Å². The van der Waals surface area contributed by atoms with Crippen molar-refractivity contribution < 1.29 is 9.36 Å². The van der Waals surface area contributed by atoms with Gasteiger partial charge in [0.05, 0.1) is 0 Å². The minimum atomic E-state index is -0.278. The number of hydrogen-bond donors (Lipinski definition) is 1. The summed E-state index contributed by atoms with van der Waals surface area (Å²) in [5.74, 6) is 0.0194. The summed E-state index contributed by atoms with van der Waals surface area (Å²) < 4.78 is 4.06. The summed E-state index contributed by atoms with van der Waals surface area (Å²) in [4.78, 5) is 12.9. The molecule has 170 valence electrons. The fourth-order valence-electron chi connectivity index (χ4n) is 3.66. The van der Waals surface area contributed by atoms with E-state index in [0.29, 0.717) is 6.54 Å². The average molecular weight is 433 g/mol. The molecular formula is C28H38N3O+. The lowest BCUT2D eigenvalue weighted by Gasteiger charge is -2.26. The van der Waals surface area contributed by atoms with Gasteiger partial charge in [0.2, 0.25) is 6.33 Å². The molecule has 1 amide bonds. The second-order valence-corrected chi connectivity index (χ2v) is 10.8. The van der Waals surface area contributed by atoms with Crippen molar-refractivity contribution in [2.24, 2.45) is 0 Å². The van der Waals surface area contributed by atoms with Crippen LogP contribution >= 0.6 is 0 Å². The summed E-state index contributed by atoms with van der Waals surface area (Å²) in [6.07, 6.45) is 5.97. The molecule has 0 unspecified atom stereocenters. The summed E-state index contributed by atoms with van der Waals surface area (Å²) in [6.45, 7) is 16.6. The largest absolute Gasteiger partial charge is 0.348 e. The average Bonchev–Trinajstić information content (AvgIpc) is 3.19. The minimum absolute atomic E-state index is 0.0194. The molecule has 0 aliphatic rings. The van der Waals surface area contributed by atoms with Gasteiger partial charge < -0.3 is 5.32 Å². The van der Waals surface area contributed by atoms with Gasteiger partial charge in [-0.25, -0.2) is 9.13 Å². The van der Waals surface area contributed by atoms with Crippen LogP contribution in [0.1, 0.15) is 76.8 Å². The van der Waals surface area contributed by atoms with Gasteiger partial charge in [0, 0.05) is 6.54 Å². The van der Waals surface area contributed by atoms with Gasteiger partial charge >= 0.3 is 0 Å². The number of carbonyl (C=O) groups is 1. The van der Waals surface area contributed by atoms with Crippen molar-refractivity contribution in [3.63, 3.8) is 0 Å². The molecule has 2 aromatic carbocycles. The number of aromatic nitrogens is 2. The fraction of sp³-hybridized carbons (Fsp3) is 0.429. The summed E-state index contributed by atoms with van der Waals surface area (Å²) in [7, 11) is 0. The van der Waals surface area contributed by atoms with Crippen molar-refractivity contribution in [1.29, 1.82) is 0 Å². The highest BCUT2D eigenvalue weighted by molar-refractivity contribution is 5.79. The Morgan fingerprint density at radius 2 is 1.53 bits per heavy atom. The first-order chi connectivity index (χ1) is 14.9. The van der Waals surface area contributed by atoms with Crippen LogP contribution in [0.5, 0.6) is 0 Å². The van der Waals surface area contributed by atoms with Crippen LogP contribution in [0.15, 0.2) is 67.3 Å². The minimum Gasteiger partial charge on any atom is -0.348 e. The van der Waals surface area contributed by atoms with E-state index in [4.69, 9.17) is 0 Å². The number of imidazole rings is 1. The zero-order valence-electron chi connectivity index (χ0n) is 20.6. The highest BCUT2D eigenvalue weighted by Crippen LogP contribution is 2.30. The number of nitrogens with one attached hydrogen (secondary N) is 1. The quantitative estimate of drug-likeness (QED) is 0.528. The smallest absolute Gasteiger partial charge is 0.265 e. The van der Waals surface area contributed by atoms with Crippen molar-refractivity contribution in [3.8, 4) is 0 Å². The molecule has 4 nitrogen and oxygen atoms in total. The molecule has 1 N–H and O–H groups in total. The zero-order chi connectivity index (χ0) is 23.5. The zero-order valence-corrected chi connectivity index (χ0v) is 20.6. The maximum atomic E-state index is 12.9. The highest BCUT2D eigenvalue weighted by Gasteiger charge is 2.22. The second kappa shape index (κ2) is 9.32. The van der Waals surface area contributed by atoms with Crippen LogP contribution < -0.4 is 9.88 Å². The molecule has 0 saturated heterocycles. The molecule has 1 heterocycles. The molecule has 0 radical (unpaired) electrons. The Balaban J connectivity index is 1.69. The lowest BCUT2D eigenvalue weighted by Crippen LogP contribution is -2.34. The maximum absolute atomic E-state index is 12.9. The van der Waals surface area contributed by atoms with Crippen LogP contribution in [0.3, 0.4) is 0 Å². The Hall–Kier alpha value is -2.88. The maximum Gasteiger partial charge on any atom is 0.265 e. The van der Waals surface area contributed by atoms with Crippen molar-refractivity contribution >= 4 is 5.91 Å². The molecule has 3 rings (SSSR count). The number of carbonyl (C=O) groups excluding carboxylic acids is 1. The van der Waals surface area contributed by atoms with Crippen LogP contribution in [0, 0.1) is 0 Å². The Morgan fingerprint density at radius 1 is 0.938 bits per heavy atom. The van der Waals surface area contributed by atoms with Gasteiger partial charge in [-0.15, -0.1) is 0 Å². The van der Waals surface area contributed by atoms with Crippen molar-refractivity contribution in [1.82, 2.24) is 9.88 Å². The molecule has 0 spiro atoms. The topological polar surface area (TPSA) is 37.9 Å². The van der Waals surface area contributed by atoms with Gasteiger partial charge in [0.1, 0.15) is 18.9 Å². The summed E-state index contributed by atoms with van der Waals surface area (Å²) in [5, 5.41) is 3.14. The standard InChI is InChI=1S/C28H37N3O/c1-21(31-14-13-30(20-31)19-22-11-9-8-10-12-22)26(32)29-18-23-15-24(27(2,3)4)17-25(16-23)28(5,6)7/h8-17,20-21H,18-19H2,1-7H3/p+1/t21-/m0/s1. The first-order valence-corrected chi connectivity index (χ1v) is 11.5. The van der Waals surface area contributed by atoms with Gasteiger partial charge in [-0.1, -0.05) is 90.1 Å². The normalized spacial score (nSPS) is 13.1. The number of nitrogens with zero attached hydrogens (tertiary/aromatic N) is 2. The lowest BCUT2D eigenvalue weighted by molar-refractivity contribution is -0.687. The molecule has 0 saturated carbocycles. The first-order valence-electron chi connectivity index (χ1n) is 11.5. The van der Waals surface area contributed by atoms with E-state index in [2.05, 4.69) is 81.8 Å². The van der Waals surface area contributed by atoms with Gasteiger partial charge in [0.25, 0.3) is 5.91 Å². The third kappa shape index (κ3) is 6.09. The fourth-order valence-corrected chi connectivity index (χ4v) is 3.66. The second-order valence-electron chi connectivity index (χ2n) is 10.8. The Kier molecular flexibility index (Phi) is 6.92. The molecule has 3 aromatic rings. The van der Waals surface area contributed by atoms with Crippen LogP contribution in [0.4, 0.5) is 0 Å². The Labute approximate surface area is 193 Å². The highest BCUT2D eigenvalue weighted by atomic mass is 16.2. The number of rotatable bonds is 6. The first kappa shape index (κ1) is 23.8. The molecule has 4 heteroatoms. The van der Waals surface area contributed by atoms with Gasteiger partial charge in [0.15, 0.2) is 6.04 Å². The van der Waals surface area contributed by atoms with Crippen LogP contribution in [-0.2, 0) is 28.7 Å². The number of benzene rings is 2. The van der Waals surface area contributed by atoms with Gasteiger partial charge in [-0.05, 0) is 40.0 Å². The van der Waals surface area contributed by atoms with Crippen molar-refractivity contribution in [3.05, 3.63) is 89.5 Å². The molecule has 0 bridgehead atoms. The van der Waals surface area contributed by atoms with E-state index < -0.39 is 0 Å². The number of hydrogen-bond acceptors (Lipinski definition) is 1. The lowest BCUT2D eigenvalue weighted by atomic mass is 9.79. The van der Waals surface area contributed by atoms with Crippen LogP contribution in [0.25, 0.3) is 0 Å². The molecule has 0 aliphatic carbocycles. The molecule has 32 heavy (non-hydrogen) atoms. The Morgan fingerprint density at radius 3 is 2.09 bits per heavy atom. The van der Waals surface area contributed by atoms with E-state index in [1.165, 1.54) is 16.7 Å². The number of amides is 1. The third-order valence-electron chi connectivity index (χ3n) is 5.94. The molecule has 1 atom stereocenters. The Bertz CT molecular complexity index is 1020. The van der Waals surface area contributed by atoms with E-state index in [0.717, 1.165) is 12.1 Å². The molecule has 1 aromatic heterocycles. The molecule has 0 aliphatic heterocycles. The SMILES string of the molecule is C[C@@H](C(=O)NCc1cc(C(C)(C)C)cc(C(C)(C)C)c1)n1cc[n+](Cc2ccccc2)c1. The van der Waals surface area contributed by atoms with E-state index >= 15 is 0 Å². The summed E-state index contributed by atoms with van der Waals surface area (Å²) in [6, 6.07) is 16.8.